The monoisotopic (exact) mass is 335 g/mol. The number of hydrogen-bond acceptors (Lipinski definition) is 5. The van der Waals surface area contributed by atoms with Crippen LogP contribution in [0.15, 0.2) is 54.9 Å². The summed E-state index contributed by atoms with van der Waals surface area (Å²) in [6.45, 7) is 0.635. The molecule has 1 atom stereocenters. The zero-order valence-electron chi connectivity index (χ0n) is 13.5. The lowest BCUT2D eigenvalue weighted by atomic mass is 9.90. The van der Waals surface area contributed by atoms with Crippen molar-refractivity contribution in [2.75, 3.05) is 11.9 Å². The molecule has 25 heavy (non-hydrogen) atoms. The zero-order chi connectivity index (χ0) is 17.1. The molecule has 1 aliphatic rings. The predicted molar refractivity (Wildman–Crippen MR) is 91.7 cm³/mol. The number of amides is 1. The zero-order valence-corrected chi connectivity index (χ0v) is 13.5. The quantitative estimate of drug-likeness (QED) is 0.792. The molecule has 4 rings (SSSR count). The number of aromatic nitrogens is 4. The van der Waals surface area contributed by atoms with Crippen LogP contribution in [0.2, 0.25) is 0 Å². The van der Waals surface area contributed by atoms with Crippen molar-refractivity contribution in [1.29, 1.82) is 0 Å². The maximum absolute atomic E-state index is 12.6. The molecule has 0 fully saturated rings. The number of para-hydroxylation sites is 3. The summed E-state index contributed by atoms with van der Waals surface area (Å²) >= 11 is 0. The van der Waals surface area contributed by atoms with Crippen LogP contribution in [0.3, 0.4) is 0 Å². The third-order valence-corrected chi connectivity index (χ3v) is 4.29. The molecule has 1 aliphatic heterocycles. The van der Waals surface area contributed by atoms with Gasteiger partial charge in [0.25, 0.3) is 0 Å². The largest absolute Gasteiger partial charge is 0.493 e. The second kappa shape index (κ2) is 6.72. The molecule has 0 saturated carbocycles. The molecule has 1 aromatic heterocycles. The Balaban J connectivity index is 1.51. The van der Waals surface area contributed by atoms with Crippen molar-refractivity contribution in [3.8, 4) is 11.4 Å². The topological polar surface area (TPSA) is 81.9 Å². The van der Waals surface area contributed by atoms with E-state index in [9.17, 15) is 4.79 Å². The van der Waals surface area contributed by atoms with Crippen molar-refractivity contribution in [3.63, 3.8) is 0 Å². The highest BCUT2D eigenvalue weighted by Crippen LogP contribution is 2.35. The smallest absolute Gasteiger partial charge is 0.225 e. The number of nitrogens with one attached hydrogen (secondary N) is 1. The maximum atomic E-state index is 12.6. The van der Waals surface area contributed by atoms with Gasteiger partial charge in [0.2, 0.25) is 5.91 Å². The first-order valence-corrected chi connectivity index (χ1v) is 8.15. The number of carbonyl (C=O) groups excluding carboxylic acids is 1. The van der Waals surface area contributed by atoms with E-state index in [1.165, 1.54) is 11.0 Å². The second-order valence-corrected chi connectivity index (χ2v) is 5.90. The van der Waals surface area contributed by atoms with Crippen molar-refractivity contribution in [3.05, 3.63) is 60.4 Å². The van der Waals surface area contributed by atoms with Gasteiger partial charge in [0, 0.05) is 6.42 Å². The predicted octanol–water partition coefficient (Wildman–Crippen LogP) is 2.56. The minimum absolute atomic E-state index is 0.0396. The minimum Gasteiger partial charge on any atom is -0.493 e. The number of rotatable bonds is 4. The Hall–Kier alpha value is -3.22. The fraction of sp³-hybridized carbons (Fsp3) is 0.222. The summed E-state index contributed by atoms with van der Waals surface area (Å²) in [7, 11) is 0. The highest BCUT2D eigenvalue weighted by molar-refractivity contribution is 5.93. The average Bonchev–Trinajstić information content (AvgIpc) is 3.17. The first-order valence-electron chi connectivity index (χ1n) is 8.15. The van der Waals surface area contributed by atoms with Gasteiger partial charge in [0.05, 0.1) is 18.0 Å². The molecule has 0 radical (unpaired) electrons. The lowest BCUT2D eigenvalue weighted by Gasteiger charge is -2.25. The van der Waals surface area contributed by atoms with E-state index < -0.39 is 0 Å². The van der Waals surface area contributed by atoms with Gasteiger partial charge in [0.1, 0.15) is 12.1 Å². The molecule has 1 amide bonds. The molecule has 0 bridgehead atoms. The van der Waals surface area contributed by atoms with E-state index >= 15 is 0 Å². The molecule has 7 heteroatoms. The van der Waals surface area contributed by atoms with Gasteiger partial charge in [-0.15, -0.1) is 5.10 Å². The molecule has 0 saturated heterocycles. The van der Waals surface area contributed by atoms with Gasteiger partial charge in [-0.2, -0.15) is 4.68 Å². The van der Waals surface area contributed by atoms with Crippen LogP contribution in [0.25, 0.3) is 5.69 Å². The van der Waals surface area contributed by atoms with E-state index in [4.69, 9.17) is 4.74 Å². The van der Waals surface area contributed by atoms with E-state index in [1.54, 1.807) is 0 Å². The maximum Gasteiger partial charge on any atom is 0.225 e. The molecule has 3 aromatic rings. The first-order chi connectivity index (χ1) is 12.3. The number of carbonyl (C=O) groups is 1. The van der Waals surface area contributed by atoms with Crippen LogP contribution in [-0.4, -0.2) is 32.7 Å². The summed E-state index contributed by atoms with van der Waals surface area (Å²) in [5, 5.41) is 14.2. The lowest BCUT2D eigenvalue weighted by molar-refractivity contribution is -0.116. The number of anilines is 1. The van der Waals surface area contributed by atoms with E-state index in [2.05, 4.69) is 20.8 Å². The molecule has 0 unspecified atom stereocenters. The van der Waals surface area contributed by atoms with Crippen molar-refractivity contribution in [2.45, 2.75) is 18.8 Å². The fourth-order valence-corrected chi connectivity index (χ4v) is 3.10. The molecule has 0 spiro atoms. The molecule has 2 aromatic carbocycles. The summed E-state index contributed by atoms with van der Waals surface area (Å²) in [5.41, 5.74) is 2.51. The van der Waals surface area contributed by atoms with E-state index in [0.29, 0.717) is 18.7 Å². The minimum atomic E-state index is -0.0396. The van der Waals surface area contributed by atoms with Crippen molar-refractivity contribution in [2.24, 2.45) is 0 Å². The molecule has 1 N–H and O–H groups in total. The molecule has 2 heterocycles. The molecular weight excluding hydrogens is 318 g/mol. The van der Waals surface area contributed by atoms with Crippen molar-refractivity contribution >= 4 is 11.6 Å². The summed E-state index contributed by atoms with van der Waals surface area (Å²) in [4.78, 5) is 12.6. The summed E-state index contributed by atoms with van der Waals surface area (Å²) < 4.78 is 7.19. The Labute approximate surface area is 144 Å². The van der Waals surface area contributed by atoms with Gasteiger partial charge < -0.3 is 10.1 Å². The molecule has 7 nitrogen and oxygen atoms in total. The number of benzene rings is 2. The Bertz CT molecular complexity index is 879. The molecular formula is C18H17N5O2. The van der Waals surface area contributed by atoms with Gasteiger partial charge in [-0.3, -0.25) is 4.79 Å². The van der Waals surface area contributed by atoms with Crippen LogP contribution >= 0.6 is 0 Å². The molecule has 0 aliphatic carbocycles. The normalized spacial score (nSPS) is 15.9. The van der Waals surface area contributed by atoms with Crippen molar-refractivity contribution < 1.29 is 9.53 Å². The summed E-state index contributed by atoms with van der Waals surface area (Å²) in [6, 6.07) is 15.3. The van der Waals surface area contributed by atoms with Crippen LogP contribution in [0.1, 0.15) is 24.3 Å². The first kappa shape index (κ1) is 15.3. The van der Waals surface area contributed by atoms with Gasteiger partial charge in [-0.05, 0) is 46.5 Å². The number of tetrazole rings is 1. The van der Waals surface area contributed by atoms with Crippen molar-refractivity contribution in [1.82, 2.24) is 20.2 Å². The fourth-order valence-electron chi connectivity index (χ4n) is 3.10. The van der Waals surface area contributed by atoms with Crippen LogP contribution in [-0.2, 0) is 4.79 Å². The van der Waals surface area contributed by atoms with Gasteiger partial charge in [-0.1, -0.05) is 30.3 Å². The number of fused-ring (bicyclic) bond motifs is 1. The summed E-state index contributed by atoms with van der Waals surface area (Å²) in [5.74, 6) is 0.994. The van der Waals surface area contributed by atoms with Gasteiger partial charge >= 0.3 is 0 Å². The Morgan fingerprint density at radius 1 is 1.20 bits per heavy atom. The van der Waals surface area contributed by atoms with E-state index in [1.807, 2.05) is 48.5 Å². The number of ether oxygens (including phenoxy) is 1. The van der Waals surface area contributed by atoms with E-state index in [-0.39, 0.29) is 11.8 Å². The standard InChI is InChI=1S/C18H17N5O2/c24-18(11-13-9-10-25-17-8-4-1-5-14(13)17)20-15-6-2-3-7-16(15)23-12-19-21-22-23/h1-8,12-13H,9-11H2,(H,20,24)/t13-/m0/s1. The highest BCUT2D eigenvalue weighted by atomic mass is 16.5. The number of nitrogens with zero attached hydrogens (tertiary/aromatic N) is 4. The van der Waals surface area contributed by atoms with Gasteiger partial charge in [0.15, 0.2) is 0 Å². The average molecular weight is 335 g/mol. The van der Waals surface area contributed by atoms with Gasteiger partial charge in [-0.25, -0.2) is 0 Å². The van der Waals surface area contributed by atoms with Crippen LogP contribution in [0.4, 0.5) is 5.69 Å². The SMILES string of the molecule is O=C(C[C@@H]1CCOc2ccccc21)Nc1ccccc1-n1cnnn1. The molecule has 126 valence electrons. The summed E-state index contributed by atoms with van der Waals surface area (Å²) in [6.07, 6.45) is 2.74. The van der Waals surface area contributed by atoms with Crippen LogP contribution in [0.5, 0.6) is 5.75 Å². The Morgan fingerprint density at radius 3 is 2.92 bits per heavy atom. The van der Waals surface area contributed by atoms with Crippen LogP contribution < -0.4 is 10.1 Å². The Kier molecular flexibility index (Phi) is 4.12. The third-order valence-electron chi connectivity index (χ3n) is 4.29. The Morgan fingerprint density at radius 2 is 2.04 bits per heavy atom. The third kappa shape index (κ3) is 3.21. The highest BCUT2D eigenvalue weighted by Gasteiger charge is 2.23. The lowest BCUT2D eigenvalue weighted by Crippen LogP contribution is -2.21. The number of hydrogen-bond donors (Lipinski definition) is 1. The second-order valence-electron chi connectivity index (χ2n) is 5.90. The van der Waals surface area contributed by atoms with E-state index in [0.717, 1.165) is 23.4 Å². The van der Waals surface area contributed by atoms with Crippen LogP contribution in [0, 0.1) is 0 Å².